The van der Waals surface area contributed by atoms with Crippen molar-refractivity contribution in [1.29, 1.82) is 0 Å². The second-order valence-corrected chi connectivity index (χ2v) is 10.9. The molecule has 2 bridgehead atoms. The quantitative estimate of drug-likeness (QED) is 0.573. The van der Waals surface area contributed by atoms with Crippen LogP contribution in [-0.4, -0.2) is 46.9 Å². The lowest BCUT2D eigenvalue weighted by Crippen LogP contribution is -2.40. The molecule has 4 fully saturated rings. The fourth-order valence-electron chi connectivity index (χ4n) is 6.55. The predicted molar refractivity (Wildman–Crippen MR) is 123 cm³/mol. The van der Waals surface area contributed by atoms with E-state index in [0.717, 1.165) is 24.0 Å². The van der Waals surface area contributed by atoms with Crippen molar-refractivity contribution in [2.24, 2.45) is 17.3 Å². The molecule has 3 saturated heterocycles. The van der Waals surface area contributed by atoms with E-state index in [-0.39, 0.29) is 5.82 Å². The molecule has 170 valence electrons. The average Bonchev–Trinajstić information content (AvgIpc) is 3.10. The predicted octanol–water partition coefficient (Wildman–Crippen LogP) is 5.54. The van der Waals surface area contributed by atoms with Gasteiger partial charge >= 0.3 is 0 Å². The largest absolute Gasteiger partial charge is 0.375 e. The zero-order valence-corrected chi connectivity index (χ0v) is 19.2. The summed E-state index contributed by atoms with van der Waals surface area (Å²) in [7, 11) is 0. The number of nitrogens with zero attached hydrogens (tertiary/aromatic N) is 3. The van der Waals surface area contributed by atoms with Gasteiger partial charge in [0, 0.05) is 18.0 Å². The molecule has 0 radical (unpaired) electrons. The maximum atomic E-state index is 13.5. The maximum absolute atomic E-state index is 13.5. The molecule has 2 aromatic rings. The number of piperidine rings is 1. The van der Waals surface area contributed by atoms with Gasteiger partial charge in [-0.05, 0) is 106 Å². The Kier molecular flexibility index (Phi) is 5.47. The minimum atomic E-state index is -0.316. The summed E-state index contributed by atoms with van der Waals surface area (Å²) in [5, 5.41) is 9.20. The zero-order valence-electron chi connectivity index (χ0n) is 18.5. The van der Waals surface area contributed by atoms with Gasteiger partial charge in [0.15, 0.2) is 0 Å². The van der Waals surface area contributed by atoms with Gasteiger partial charge in [-0.3, -0.25) is 0 Å². The number of ether oxygens (including phenoxy) is 1. The summed E-state index contributed by atoms with van der Waals surface area (Å²) in [6.45, 7) is 3.76. The summed E-state index contributed by atoms with van der Waals surface area (Å²) in [5.41, 5.74) is 2.81. The zero-order chi connectivity index (χ0) is 21.7. The normalized spacial score (nSPS) is 30.8. The highest BCUT2D eigenvalue weighted by atomic mass is 35.5. The van der Waals surface area contributed by atoms with Crippen LogP contribution in [0.3, 0.4) is 0 Å². The van der Waals surface area contributed by atoms with Gasteiger partial charge in [-0.1, -0.05) is 11.6 Å². The van der Waals surface area contributed by atoms with E-state index in [2.05, 4.69) is 15.1 Å². The molecule has 0 amide bonds. The molecule has 6 rings (SSSR count). The Labute approximate surface area is 194 Å². The topological polar surface area (TPSA) is 38.2 Å². The Hall–Kier alpha value is -1.56. The lowest BCUT2D eigenvalue weighted by Gasteiger charge is -2.35. The van der Waals surface area contributed by atoms with Crippen LogP contribution in [0.5, 0.6) is 0 Å². The summed E-state index contributed by atoms with van der Waals surface area (Å²) in [6, 6.07) is 8.25. The molecular weight excluding hydrogens is 425 g/mol. The Morgan fingerprint density at radius 3 is 2.72 bits per heavy atom. The standard InChI is InChI=1S/C26H31ClFN3O/c27-23-6-2-19(28)14-22(23)24-7-4-20(29-30-24)3-1-18-15-26(18)9-11-31(12-10-26)16-17-13-21-5-8-25(17)32-21/h2,4,6-7,14,17-18,21,25H,1,3,5,8-13,15-16H2/t17?,18-,21?,25?/m1/s1. The average molecular weight is 456 g/mol. The van der Waals surface area contributed by atoms with Crippen molar-refractivity contribution in [3.63, 3.8) is 0 Å². The number of halogens is 2. The smallest absolute Gasteiger partial charge is 0.123 e. The van der Waals surface area contributed by atoms with E-state index in [0.29, 0.717) is 33.9 Å². The van der Waals surface area contributed by atoms with Crippen molar-refractivity contribution >= 4 is 11.6 Å². The van der Waals surface area contributed by atoms with Crippen molar-refractivity contribution in [1.82, 2.24) is 15.1 Å². The molecule has 4 atom stereocenters. The second-order valence-electron chi connectivity index (χ2n) is 10.5. The van der Waals surface area contributed by atoms with Crippen LogP contribution in [0.4, 0.5) is 4.39 Å². The number of fused-ring (bicyclic) bond motifs is 2. The highest BCUT2D eigenvalue weighted by Gasteiger charge is 2.54. The van der Waals surface area contributed by atoms with Crippen LogP contribution in [0.1, 0.15) is 50.6 Å². The lowest BCUT2D eigenvalue weighted by molar-refractivity contribution is 0.0759. The first-order valence-electron chi connectivity index (χ1n) is 12.2. The van der Waals surface area contributed by atoms with E-state index >= 15 is 0 Å². The van der Waals surface area contributed by atoms with Crippen molar-refractivity contribution in [3.8, 4) is 11.3 Å². The van der Waals surface area contributed by atoms with Crippen LogP contribution in [0.25, 0.3) is 11.3 Å². The van der Waals surface area contributed by atoms with Crippen LogP contribution in [0, 0.1) is 23.1 Å². The summed E-state index contributed by atoms with van der Waals surface area (Å²) in [6.07, 6.45) is 11.2. The first-order valence-corrected chi connectivity index (χ1v) is 12.6. The third kappa shape index (κ3) is 4.08. The molecular formula is C26H31ClFN3O. The minimum Gasteiger partial charge on any atom is -0.375 e. The number of aromatic nitrogens is 2. The summed E-state index contributed by atoms with van der Waals surface area (Å²) in [4.78, 5) is 2.71. The van der Waals surface area contributed by atoms with E-state index in [1.807, 2.05) is 12.1 Å². The van der Waals surface area contributed by atoms with Gasteiger partial charge in [0.2, 0.25) is 0 Å². The summed E-state index contributed by atoms with van der Waals surface area (Å²) < 4.78 is 19.6. The molecule has 1 aromatic heterocycles. The van der Waals surface area contributed by atoms with E-state index in [4.69, 9.17) is 16.3 Å². The summed E-state index contributed by atoms with van der Waals surface area (Å²) >= 11 is 6.19. The molecule has 1 aromatic carbocycles. The van der Waals surface area contributed by atoms with Gasteiger partial charge in [-0.2, -0.15) is 10.2 Å². The molecule has 4 aliphatic rings. The first-order chi connectivity index (χ1) is 15.6. The molecule has 6 heteroatoms. The molecule has 1 spiro atoms. The number of hydrogen-bond acceptors (Lipinski definition) is 4. The fourth-order valence-corrected chi connectivity index (χ4v) is 6.77. The van der Waals surface area contributed by atoms with Crippen LogP contribution in [0.2, 0.25) is 5.02 Å². The van der Waals surface area contributed by atoms with Gasteiger partial charge in [0.05, 0.1) is 28.6 Å². The molecule has 32 heavy (non-hydrogen) atoms. The van der Waals surface area contributed by atoms with Crippen molar-refractivity contribution in [2.45, 2.75) is 63.6 Å². The van der Waals surface area contributed by atoms with Gasteiger partial charge in [0.25, 0.3) is 0 Å². The van der Waals surface area contributed by atoms with Crippen LogP contribution < -0.4 is 0 Å². The third-order valence-electron chi connectivity index (χ3n) is 8.61. The lowest BCUT2D eigenvalue weighted by atomic mass is 9.86. The molecule has 3 unspecified atom stereocenters. The number of aryl methyl sites for hydroxylation is 1. The Morgan fingerprint density at radius 2 is 2.00 bits per heavy atom. The number of benzene rings is 1. The monoisotopic (exact) mass is 455 g/mol. The van der Waals surface area contributed by atoms with Crippen molar-refractivity contribution in [3.05, 3.63) is 46.9 Å². The Morgan fingerprint density at radius 1 is 1.12 bits per heavy atom. The Bertz CT molecular complexity index is 976. The summed E-state index contributed by atoms with van der Waals surface area (Å²) in [5.74, 6) is 1.29. The van der Waals surface area contributed by atoms with Gasteiger partial charge in [-0.25, -0.2) is 4.39 Å². The van der Waals surface area contributed by atoms with E-state index in [9.17, 15) is 4.39 Å². The van der Waals surface area contributed by atoms with Gasteiger partial charge < -0.3 is 9.64 Å². The molecule has 4 heterocycles. The van der Waals surface area contributed by atoms with Gasteiger partial charge in [0.1, 0.15) is 5.82 Å². The Balaban J connectivity index is 0.981. The van der Waals surface area contributed by atoms with Crippen molar-refractivity contribution in [2.75, 3.05) is 19.6 Å². The van der Waals surface area contributed by atoms with Crippen molar-refractivity contribution < 1.29 is 9.13 Å². The number of hydrogen-bond donors (Lipinski definition) is 0. The molecule has 4 nitrogen and oxygen atoms in total. The van der Waals surface area contributed by atoms with E-state index < -0.39 is 0 Å². The number of rotatable bonds is 6. The second kappa shape index (κ2) is 8.34. The highest BCUT2D eigenvalue weighted by Crippen LogP contribution is 2.61. The molecule has 3 aliphatic heterocycles. The minimum absolute atomic E-state index is 0.316. The van der Waals surface area contributed by atoms with Crippen LogP contribution in [-0.2, 0) is 11.2 Å². The molecule has 1 aliphatic carbocycles. The molecule has 1 saturated carbocycles. The molecule has 0 N–H and O–H groups in total. The van der Waals surface area contributed by atoms with E-state index in [1.165, 1.54) is 76.7 Å². The maximum Gasteiger partial charge on any atom is 0.123 e. The fraction of sp³-hybridized carbons (Fsp3) is 0.615. The van der Waals surface area contributed by atoms with Crippen LogP contribution in [0.15, 0.2) is 30.3 Å². The SMILES string of the molecule is Fc1ccc(Cl)c(-c2ccc(CC[C@@H]3CC34CCN(CC3CC5CCC3O5)CC4)nn2)c1. The third-order valence-corrected chi connectivity index (χ3v) is 8.94. The van der Waals surface area contributed by atoms with E-state index in [1.54, 1.807) is 6.07 Å². The first kappa shape index (κ1) is 21.0. The van der Waals surface area contributed by atoms with Gasteiger partial charge in [-0.15, -0.1) is 0 Å². The highest BCUT2D eigenvalue weighted by molar-refractivity contribution is 6.33. The number of likely N-dealkylation sites (tertiary alicyclic amines) is 1. The van der Waals surface area contributed by atoms with Crippen LogP contribution >= 0.6 is 11.6 Å².